The molecule has 12 aliphatic heterocycles. The van der Waals surface area contributed by atoms with Crippen LogP contribution in [0.5, 0.6) is 0 Å². The highest BCUT2D eigenvalue weighted by molar-refractivity contribution is 8.23. The molecular weight excluding hydrogens is 1600 g/mol. The van der Waals surface area contributed by atoms with Crippen molar-refractivity contribution in [1.29, 1.82) is 0 Å². The smallest absolute Gasteiger partial charge is 0.256 e. The van der Waals surface area contributed by atoms with Crippen molar-refractivity contribution in [3.8, 4) is 0 Å². The van der Waals surface area contributed by atoms with Crippen molar-refractivity contribution < 1.29 is 44.4 Å². The molecule has 6 saturated heterocycles. The molecule has 3 atom stereocenters. The van der Waals surface area contributed by atoms with Crippen molar-refractivity contribution in [3.63, 3.8) is 0 Å². The first-order valence-electron chi connectivity index (χ1n) is 38.3. The fourth-order valence-electron chi connectivity index (χ4n) is 19.1. The maximum Gasteiger partial charge on any atom is 0.256 e. The van der Waals surface area contributed by atoms with Gasteiger partial charge in [0.05, 0.1) is 75.5 Å². The summed E-state index contributed by atoms with van der Waals surface area (Å²) in [6.45, 7) is 55.3. The van der Waals surface area contributed by atoms with Crippen LogP contribution < -0.4 is 0 Å². The molecule has 0 aliphatic carbocycles. The van der Waals surface area contributed by atoms with Gasteiger partial charge in [-0.1, -0.05) is 0 Å². The van der Waals surface area contributed by atoms with Gasteiger partial charge in [0, 0.05) is 160 Å². The van der Waals surface area contributed by atoms with Gasteiger partial charge in [-0.3, -0.25) is 28.8 Å². The Balaban J connectivity index is 0.906. The van der Waals surface area contributed by atoms with Gasteiger partial charge in [-0.25, -0.2) is 0 Å². The Bertz CT molecular complexity index is 3860. The Morgan fingerprint density at radius 2 is 0.422 bits per heavy atom. The number of amides is 6. The van der Waals surface area contributed by atoms with Gasteiger partial charge in [0.25, 0.3) is 17.7 Å². The fraction of sp³-hybridized carbons (Fsp3) is 0.696. The number of rotatable bonds is 9. The van der Waals surface area contributed by atoms with Gasteiger partial charge in [0.2, 0.25) is 17.7 Å². The minimum atomic E-state index is -0.771. The number of thioether (sulfide) groups is 12. The van der Waals surface area contributed by atoms with Crippen LogP contribution >= 0.6 is 141 Å². The zero-order valence-corrected chi connectivity index (χ0v) is 77.4. The molecule has 0 aromatic heterocycles. The zero-order valence-electron chi connectivity index (χ0n) is 67.6. The van der Waals surface area contributed by atoms with E-state index >= 15 is 14.4 Å². The number of fused-ring (bicyclic) bond motifs is 6. The lowest BCUT2D eigenvalue weighted by Crippen LogP contribution is -2.55. The molecule has 15 rings (SSSR count). The van der Waals surface area contributed by atoms with E-state index in [-0.39, 0.29) is 35.4 Å². The minimum Gasteiger partial charge on any atom is -0.339 e. The van der Waals surface area contributed by atoms with E-state index in [1.807, 2.05) is 183 Å². The van der Waals surface area contributed by atoms with E-state index in [9.17, 15) is 30.0 Å². The highest BCUT2D eigenvalue weighted by Gasteiger charge is 2.61. The Hall–Kier alpha value is -1.56. The first-order chi connectivity index (χ1) is 50.1. The van der Waals surface area contributed by atoms with Gasteiger partial charge in [0.1, 0.15) is 0 Å². The molecule has 6 fully saturated rings. The molecule has 3 aromatic rings. The van der Waals surface area contributed by atoms with E-state index in [1.165, 1.54) is 15.2 Å². The van der Waals surface area contributed by atoms with Crippen molar-refractivity contribution in [2.45, 2.75) is 308 Å². The highest BCUT2D eigenvalue weighted by Crippen LogP contribution is 2.75. The Kier molecular flexibility index (Phi) is 20.6. The number of hydrogen-bond acceptors (Lipinski definition) is 24. The lowest BCUT2D eigenvalue weighted by molar-refractivity contribution is -0.198. The third-order valence-electron chi connectivity index (χ3n) is 24.3. The van der Waals surface area contributed by atoms with E-state index in [2.05, 4.69) is 83.1 Å². The summed E-state index contributed by atoms with van der Waals surface area (Å²) in [5.41, 5.74) is 1.59. The predicted molar refractivity (Wildman–Crippen MR) is 452 cm³/mol. The second kappa shape index (κ2) is 27.2. The molecule has 30 heteroatoms. The molecule has 12 heterocycles. The second-order valence-corrected chi connectivity index (χ2v) is 59.0. The predicted octanol–water partition coefficient (Wildman–Crippen LogP) is 18.1. The van der Waals surface area contributed by atoms with E-state index < -0.39 is 81.4 Å². The lowest BCUT2D eigenvalue weighted by atomic mass is 9.83. The topological polar surface area (TPSA) is 192 Å². The molecule has 3 aromatic carbocycles. The number of piperazine rings is 3. The van der Waals surface area contributed by atoms with Crippen LogP contribution in [0.3, 0.4) is 0 Å². The average molecular weight is 1710 g/mol. The van der Waals surface area contributed by atoms with E-state index in [0.29, 0.717) is 97.8 Å². The summed E-state index contributed by atoms with van der Waals surface area (Å²) >= 11 is 21.7. The minimum absolute atomic E-state index is 0.00717. The molecule has 0 spiro atoms. The van der Waals surface area contributed by atoms with E-state index in [4.69, 9.17) is 0 Å². The van der Waals surface area contributed by atoms with Crippen molar-refractivity contribution >= 4 is 177 Å². The van der Waals surface area contributed by atoms with Crippen LogP contribution in [0.15, 0.2) is 58.7 Å². The molecule has 12 aliphatic rings. The van der Waals surface area contributed by atoms with Gasteiger partial charge in [0.15, 0.2) is 0 Å². The van der Waals surface area contributed by atoms with Crippen molar-refractivity contribution in [2.24, 2.45) is 17.8 Å². The molecule has 0 radical (unpaired) electrons. The van der Waals surface area contributed by atoms with Gasteiger partial charge >= 0.3 is 0 Å². The van der Waals surface area contributed by atoms with Crippen molar-refractivity contribution in [1.82, 2.24) is 44.6 Å². The molecule has 0 saturated carbocycles. The molecule has 6 amide bonds. The average Bonchev–Trinajstić information content (AvgIpc) is 1.55. The number of carbonyl (C=O) groups excluding carboxylic acids is 6. The number of benzene rings is 3. The van der Waals surface area contributed by atoms with Crippen LogP contribution in [-0.2, 0) is 14.4 Å². The van der Waals surface area contributed by atoms with Gasteiger partial charge < -0.3 is 45.0 Å². The quantitative estimate of drug-likeness (QED) is 0.171. The van der Waals surface area contributed by atoms with Crippen LogP contribution in [0.1, 0.15) is 239 Å². The van der Waals surface area contributed by atoms with Gasteiger partial charge in [-0.05, 0) is 202 Å². The van der Waals surface area contributed by atoms with E-state index in [1.54, 1.807) is 70.6 Å². The largest absolute Gasteiger partial charge is 0.339 e. The molecule has 0 bridgehead atoms. The van der Waals surface area contributed by atoms with Crippen LogP contribution in [0.4, 0.5) is 0 Å². The third-order valence-corrected chi connectivity index (χ3v) is 41.4. The molecule has 109 heavy (non-hydrogen) atoms. The normalized spacial score (nSPS) is 28.3. The summed E-state index contributed by atoms with van der Waals surface area (Å²) in [5.74, 6) is -1.86. The maximum absolute atomic E-state index is 16.4. The Morgan fingerprint density at radius 1 is 0.266 bits per heavy atom. The van der Waals surface area contributed by atoms with Crippen LogP contribution in [0, 0.1) is 17.8 Å². The van der Waals surface area contributed by atoms with E-state index in [0.717, 1.165) is 92.1 Å². The summed E-state index contributed by atoms with van der Waals surface area (Å²) in [7, 11) is 0. The first-order valence-corrected chi connectivity index (χ1v) is 48.1. The van der Waals surface area contributed by atoms with Gasteiger partial charge in [-0.2, -0.15) is 15.2 Å². The SMILES string of the molecule is CC1(C)Sc2c(c(C(c3c4c(c(C(=O)N5CCN(C(=O)C6CC(C)(C)N(O)C6(C)C)CC5)c5c3SC(C)(C)S5)SC(C)(C)S4)c3c4c(c(C(=O)N5CCN(C(=O)C6CC(C)(C)N(O)C6(C)C)CC5)c5c3SC(C)(C)S5)SC(C)(C)S4)c3c(c2C(=O)N2CCN(C(=O)C4CC(C)(C)N(O)C4(C)C)CC2)SC(C)(C)S3)S1. The van der Waals surface area contributed by atoms with Crippen LogP contribution in [-0.4, -0.2) is 232 Å². The summed E-state index contributed by atoms with van der Waals surface area (Å²) in [5, 5.41) is 38.1. The fourth-order valence-corrected chi connectivity index (χ4v) is 37.0. The summed E-state index contributed by atoms with van der Waals surface area (Å²) < 4.78 is -2.59. The Morgan fingerprint density at radius 3 is 0.578 bits per heavy atom. The lowest BCUT2D eigenvalue weighted by Gasteiger charge is -2.40. The standard InChI is InChI=1S/C79H109N9O9S12/c1-68(2)37-40(71(7,8)86(68)95)62(89)80-25-31-83(32-26-80)65(92)47-56-50(98-74(13,14)104-56)44(51-57(47)105-75(15,16)99-51)43(45-52-58(106-76(17,18)100-52)48(59-53(45)101-77(19,20)107-59)66(93)84-33-27-81(28-34-84)63(90)41-38-69(3,4)87(96)72(41,9)10)46-54-60(108-78(21,22)102-54)49(61-55(46)103-79(23,24)109-61)67(94)85-35-29-82(30-36-85)64(91)42-39-70(5,6)88(97)73(42,11)12/h40-43,95-97H,25-39H2,1-24H3. The highest BCUT2D eigenvalue weighted by atomic mass is 32.2. The summed E-state index contributed by atoms with van der Waals surface area (Å²) in [4.78, 5) is 117. The first kappa shape index (κ1) is 82.5. The number of nitrogens with zero attached hydrogens (tertiary/aromatic N) is 9. The zero-order chi connectivity index (χ0) is 79.5. The molecular formula is C79H109N9O9S12. The third kappa shape index (κ3) is 13.9. The molecule has 596 valence electrons. The second-order valence-electron chi connectivity index (χ2n) is 37.8. The summed E-state index contributed by atoms with van der Waals surface area (Å²) in [6.07, 6.45) is 1.56. The number of hydroxylamine groups is 6. The van der Waals surface area contributed by atoms with Crippen LogP contribution in [0.2, 0.25) is 0 Å². The molecule has 3 unspecified atom stereocenters. The van der Waals surface area contributed by atoms with Crippen molar-refractivity contribution in [3.05, 3.63) is 33.4 Å². The maximum atomic E-state index is 16.4. The van der Waals surface area contributed by atoms with Gasteiger partial charge in [-0.15, -0.1) is 141 Å². The van der Waals surface area contributed by atoms with Crippen molar-refractivity contribution in [2.75, 3.05) is 78.5 Å². The number of carbonyl (C=O) groups is 6. The monoisotopic (exact) mass is 1710 g/mol. The number of hydrogen-bond donors (Lipinski definition) is 3. The molecule has 18 nitrogen and oxygen atoms in total. The summed E-state index contributed by atoms with van der Waals surface area (Å²) in [6, 6.07) is 0. The Labute approximate surface area is 696 Å². The van der Waals surface area contributed by atoms with Crippen LogP contribution in [0.25, 0.3) is 0 Å². The molecule has 3 N–H and O–H groups in total.